The van der Waals surface area contributed by atoms with Crippen LogP contribution in [0.4, 0.5) is 24.0 Å². The number of rotatable bonds is 9. The molecule has 2 amide bonds. The van der Waals surface area contributed by atoms with Crippen molar-refractivity contribution in [2.24, 2.45) is 5.92 Å². The fourth-order valence-corrected chi connectivity index (χ4v) is 6.00. The fourth-order valence-electron chi connectivity index (χ4n) is 5.17. The number of piperazine rings is 1. The molecule has 4 aromatic rings. The highest BCUT2D eigenvalue weighted by atomic mass is 32.1. The number of ether oxygens (including phenoxy) is 1. The molecule has 1 aliphatic carbocycles. The zero-order chi connectivity index (χ0) is 31.7. The molecule has 1 saturated heterocycles. The van der Waals surface area contributed by atoms with Gasteiger partial charge in [0.1, 0.15) is 16.1 Å². The summed E-state index contributed by atoms with van der Waals surface area (Å²) in [6, 6.07) is 11.9. The van der Waals surface area contributed by atoms with E-state index in [1.54, 1.807) is 30.3 Å². The Morgan fingerprint density at radius 1 is 0.978 bits per heavy atom. The number of hydrogen-bond donors (Lipinski definition) is 2. The molecule has 0 atom stereocenters. The van der Waals surface area contributed by atoms with E-state index >= 15 is 0 Å². The number of anilines is 2. The molecule has 2 aromatic heterocycles. The quantitative estimate of drug-likeness (QED) is 0.215. The summed E-state index contributed by atoms with van der Waals surface area (Å²) in [6.45, 7) is 8.47. The van der Waals surface area contributed by atoms with Gasteiger partial charge in [-0.3, -0.25) is 14.5 Å². The van der Waals surface area contributed by atoms with Gasteiger partial charge >= 0.3 is 6.18 Å². The van der Waals surface area contributed by atoms with Crippen molar-refractivity contribution in [3.05, 3.63) is 70.8 Å². The first kappa shape index (κ1) is 30.9. The maximum absolute atomic E-state index is 13.8. The number of nitrogens with one attached hydrogen (secondary N) is 2. The maximum atomic E-state index is 13.8. The predicted octanol–water partition coefficient (Wildman–Crippen LogP) is 6.55. The summed E-state index contributed by atoms with van der Waals surface area (Å²) in [5.41, 5.74) is 1.32. The van der Waals surface area contributed by atoms with Gasteiger partial charge in [-0.15, -0.1) is 0 Å². The maximum Gasteiger partial charge on any atom is 0.416 e. The summed E-state index contributed by atoms with van der Waals surface area (Å²) < 4.78 is 47.4. The normalized spacial score (nSPS) is 16.1. The van der Waals surface area contributed by atoms with Gasteiger partial charge < -0.3 is 20.3 Å². The largest absolute Gasteiger partial charge is 0.439 e. The van der Waals surface area contributed by atoms with Crippen LogP contribution in [0.15, 0.2) is 48.5 Å². The number of benzene rings is 2. The van der Waals surface area contributed by atoms with Crippen molar-refractivity contribution in [3.63, 3.8) is 0 Å². The highest BCUT2D eigenvalue weighted by Crippen LogP contribution is 2.35. The first-order chi connectivity index (χ1) is 21.5. The van der Waals surface area contributed by atoms with E-state index in [0.29, 0.717) is 33.3 Å². The highest BCUT2D eigenvalue weighted by molar-refractivity contribution is 7.21. The topological polar surface area (TPSA) is 99.7 Å². The molecular formula is C32H33F3N6O3S. The van der Waals surface area contributed by atoms with Crippen LogP contribution >= 0.6 is 11.3 Å². The van der Waals surface area contributed by atoms with E-state index in [9.17, 15) is 22.8 Å². The Bertz CT molecular complexity index is 1730. The molecule has 2 N–H and O–H groups in total. The van der Waals surface area contributed by atoms with Crippen LogP contribution in [0.3, 0.4) is 0 Å². The standard InChI is InChI=1S/C32H33F3N6O3S/c1-3-40-10-12-41(13-11-40)18-20-14-23(32(33,34)35)17-24(15-20)36-29(43)22-5-4-19(2)26(16-22)44-27-9-8-25-30(38-27)45-31(37-25)39-28(42)21-6-7-21/h4-5,8-9,14-17,21H,3,6-7,10-13,18H2,1-2H3,(H,36,43)(H,37,39,42). The van der Waals surface area contributed by atoms with Crippen molar-refractivity contribution >= 4 is 44.3 Å². The Kier molecular flexibility index (Phi) is 8.76. The molecule has 0 radical (unpaired) electrons. The van der Waals surface area contributed by atoms with Crippen molar-refractivity contribution in [1.29, 1.82) is 0 Å². The molecular weight excluding hydrogens is 605 g/mol. The number of amides is 2. The van der Waals surface area contributed by atoms with Crippen molar-refractivity contribution in [2.75, 3.05) is 43.4 Å². The average molecular weight is 639 g/mol. The Morgan fingerprint density at radius 3 is 2.44 bits per heavy atom. The lowest BCUT2D eigenvalue weighted by Gasteiger charge is -2.34. The second-order valence-corrected chi connectivity index (χ2v) is 12.4. The van der Waals surface area contributed by atoms with Crippen LogP contribution in [-0.2, 0) is 17.5 Å². The molecule has 3 heterocycles. The number of aryl methyl sites for hydroxylation is 1. The van der Waals surface area contributed by atoms with Crippen LogP contribution in [0, 0.1) is 12.8 Å². The Hall–Kier alpha value is -4.07. The molecule has 236 valence electrons. The van der Waals surface area contributed by atoms with Crippen LogP contribution in [-0.4, -0.2) is 64.3 Å². The predicted molar refractivity (Wildman–Crippen MR) is 167 cm³/mol. The van der Waals surface area contributed by atoms with Crippen LogP contribution in [0.25, 0.3) is 10.3 Å². The highest BCUT2D eigenvalue weighted by Gasteiger charge is 2.32. The summed E-state index contributed by atoms with van der Waals surface area (Å²) >= 11 is 1.24. The van der Waals surface area contributed by atoms with Crippen molar-refractivity contribution < 1.29 is 27.5 Å². The summed E-state index contributed by atoms with van der Waals surface area (Å²) in [5, 5.41) is 5.95. The number of hydrogen-bond acceptors (Lipinski definition) is 8. The van der Waals surface area contributed by atoms with E-state index in [2.05, 4.69) is 37.3 Å². The van der Waals surface area contributed by atoms with Gasteiger partial charge in [0, 0.05) is 56.0 Å². The monoisotopic (exact) mass is 638 g/mol. The Labute approximate surface area is 262 Å². The Balaban J connectivity index is 1.17. The van der Waals surface area contributed by atoms with Gasteiger partial charge in [-0.1, -0.05) is 24.3 Å². The minimum atomic E-state index is -4.56. The third kappa shape index (κ3) is 7.60. The number of pyridine rings is 1. The summed E-state index contributed by atoms with van der Waals surface area (Å²) in [6.07, 6.45) is -2.78. The van der Waals surface area contributed by atoms with E-state index in [-0.39, 0.29) is 29.0 Å². The molecule has 13 heteroatoms. The summed E-state index contributed by atoms with van der Waals surface area (Å²) in [4.78, 5) is 39.3. The number of carbonyl (C=O) groups is 2. The van der Waals surface area contributed by atoms with Gasteiger partial charge in [-0.05, 0) is 73.8 Å². The zero-order valence-corrected chi connectivity index (χ0v) is 25.7. The first-order valence-electron chi connectivity index (χ1n) is 14.9. The molecule has 1 aliphatic heterocycles. The van der Waals surface area contributed by atoms with Crippen molar-refractivity contribution in [1.82, 2.24) is 19.8 Å². The second kappa shape index (κ2) is 12.7. The van der Waals surface area contributed by atoms with Crippen LogP contribution in [0.5, 0.6) is 11.6 Å². The second-order valence-electron chi connectivity index (χ2n) is 11.4. The summed E-state index contributed by atoms with van der Waals surface area (Å²) in [7, 11) is 0. The van der Waals surface area contributed by atoms with E-state index in [1.165, 1.54) is 17.4 Å². The number of nitrogens with zero attached hydrogens (tertiary/aromatic N) is 4. The zero-order valence-electron chi connectivity index (χ0n) is 24.9. The molecule has 2 aliphatic rings. The molecule has 1 saturated carbocycles. The van der Waals surface area contributed by atoms with Crippen LogP contribution < -0.4 is 15.4 Å². The van der Waals surface area contributed by atoms with Gasteiger partial charge in [-0.25, -0.2) is 9.97 Å². The van der Waals surface area contributed by atoms with E-state index in [4.69, 9.17) is 4.74 Å². The molecule has 2 aromatic carbocycles. The van der Waals surface area contributed by atoms with Gasteiger partial charge in [0.15, 0.2) is 5.13 Å². The smallest absolute Gasteiger partial charge is 0.416 e. The number of likely N-dealkylation sites (N-methyl/N-ethyl adjacent to an activating group) is 1. The van der Waals surface area contributed by atoms with Gasteiger partial charge in [0.25, 0.3) is 5.91 Å². The van der Waals surface area contributed by atoms with E-state index < -0.39 is 17.6 Å². The lowest BCUT2D eigenvalue weighted by atomic mass is 10.1. The molecule has 0 bridgehead atoms. The van der Waals surface area contributed by atoms with E-state index in [0.717, 1.165) is 63.3 Å². The minimum Gasteiger partial charge on any atom is -0.439 e. The number of fused-ring (bicyclic) bond motifs is 1. The van der Waals surface area contributed by atoms with Crippen LogP contribution in [0.2, 0.25) is 0 Å². The molecule has 0 spiro atoms. The lowest BCUT2D eigenvalue weighted by Crippen LogP contribution is -2.45. The first-order valence-corrected chi connectivity index (χ1v) is 15.7. The third-order valence-corrected chi connectivity index (χ3v) is 8.85. The lowest BCUT2D eigenvalue weighted by molar-refractivity contribution is -0.137. The fraction of sp³-hybridized carbons (Fsp3) is 0.375. The minimum absolute atomic E-state index is 0.0388. The SMILES string of the molecule is CCN1CCN(Cc2cc(NC(=O)c3ccc(C)c(Oc4ccc5nc(NC(=O)C6CC6)sc5n4)c3)cc(C(F)(F)F)c2)CC1. The van der Waals surface area contributed by atoms with Gasteiger partial charge in [0.05, 0.1) is 5.56 Å². The number of halogens is 3. The summed E-state index contributed by atoms with van der Waals surface area (Å²) in [5.74, 6) is 0.0943. The van der Waals surface area contributed by atoms with Gasteiger partial charge in [-0.2, -0.15) is 13.2 Å². The van der Waals surface area contributed by atoms with Gasteiger partial charge in [0.2, 0.25) is 11.8 Å². The molecule has 2 fully saturated rings. The van der Waals surface area contributed by atoms with Crippen molar-refractivity contribution in [2.45, 2.75) is 39.4 Å². The number of alkyl halides is 3. The molecule has 0 unspecified atom stereocenters. The van der Waals surface area contributed by atoms with Crippen LogP contribution in [0.1, 0.15) is 46.8 Å². The molecule has 45 heavy (non-hydrogen) atoms. The average Bonchev–Trinajstić information content (AvgIpc) is 3.78. The number of thiazole rings is 1. The number of aromatic nitrogens is 2. The number of carbonyl (C=O) groups excluding carboxylic acids is 2. The van der Waals surface area contributed by atoms with E-state index in [1.807, 2.05) is 6.92 Å². The Morgan fingerprint density at radius 2 is 1.73 bits per heavy atom. The third-order valence-electron chi connectivity index (χ3n) is 7.97. The molecule has 6 rings (SSSR count). The molecule has 9 nitrogen and oxygen atoms in total. The van der Waals surface area contributed by atoms with Crippen molar-refractivity contribution in [3.8, 4) is 11.6 Å².